The first-order valence-corrected chi connectivity index (χ1v) is 11.4. The number of rotatable bonds is 7. The van der Waals surface area contributed by atoms with E-state index in [2.05, 4.69) is 37.1 Å². The summed E-state index contributed by atoms with van der Waals surface area (Å²) in [6.45, 7) is 10.4. The van der Waals surface area contributed by atoms with Gasteiger partial charge in [0, 0.05) is 33.6 Å². The molecule has 3 rings (SSSR count). The fraction of sp³-hybridized carbons (Fsp3) is 0.560. The summed E-state index contributed by atoms with van der Waals surface area (Å²) in [5.41, 5.74) is 5.96. The first kappa shape index (κ1) is 24.0. The Balaban J connectivity index is 1.94. The predicted octanol–water partition coefficient (Wildman–Crippen LogP) is 4.16. The molecule has 1 aliphatic heterocycles. The van der Waals surface area contributed by atoms with Crippen molar-refractivity contribution in [1.29, 1.82) is 0 Å². The lowest BCUT2D eigenvalue weighted by Gasteiger charge is -2.36. The van der Waals surface area contributed by atoms with Crippen LogP contribution < -0.4 is 10.1 Å². The molecular weight excluding hydrogens is 402 g/mol. The van der Waals surface area contributed by atoms with Gasteiger partial charge in [-0.2, -0.15) is 0 Å². The minimum absolute atomic E-state index is 0.0243. The molecule has 0 saturated carbocycles. The number of methoxy groups -OCH3 is 1. The quantitative estimate of drug-likeness (QED) is 0.699. The van der Waals surface area contributed by atoms with Gasteiger partial charge in [0.1, 0.15) is 17.4 Å². The average molecular weight is 440 g/mol. The SMILES string of the molecule is CNc1cc(CN(C)C(C)=O)nc(C2CCCCN2Cc2c(C)cc(OC)c(C)c2C)n1. The predicted molar refractivity (Wildman–Crippen MR) is 128 cm³/mol. The molecule has 1 atom stereocenters. The Morgan fingerprint density at radius 2 is 1.97 bits per heavy atom. The molecule has 1 saturated heterocycles. The highest BCUT2D eigenvalue weighted by atomic mass is 16.5. The van der Waals surface area contributed by atoms with E-state index in [1.54, 1.807) is 26.0 Å². The highest BCUT2D eigenvalue weighted by molar-refractivity contribution is 5.72. The Hall–Kier alpha value is -2.67. The summed E-state index contributed by atoms with van der Waals surface area (Å²) in [4.78, 5) is 25.6. The minimum Gasteiger partial charge on any atom is -0.496 e. The van der Waals surface area contributed by atoms with E-state index in [0.29, 0.717) is 6.54 Å². The molecule has 0 aliphatic carbocycles. The Labute approximate surface area is 192 Å². The zero-order valence-corrected chi connectivity index (χ0v) is 20.6. The van der Waals surface area contributed by atoms with Gasteiger partial charge in [-0.3, -0.25) is 9.69 Å². The van der Waals surface area contributed by atoms with Crippen molar-refractivity contribution in [3.63, 3.8) is 0 Å². The molecule has 1 amide bonds. The summed E-state index contributed by atoms with van der Waals surface area (Å²) < 4.78 is 5.56. The number of hydrogen-bond donors (Lipinski definition) is 1. The van der Waals surface area contributed by atoms with Crippen LogP contribution in [-0.4, -0.2) is 53.4 Å². The smallest absolute Gasteiger partial charge is 0.219 e. The molecule has 7 heteroatoms. The number of carbonyl (C=O) groups is 1. The Morgan fingerprint density at radius 3 is 2.62 bits per heavy atom. The molecule has 0 radical (unpaired) electrons. The van der Waals surface area contributed by atoms with Crippen molar-refractivity contribution in [2.24, 2.45) is 0 Å². The van der Waals surface area contributed by atoms with E-state index < -0.39 is 0 Å². The molecule has 1 aromatic heterocycles. The Morgan fingerprint density at radius 1 is 1.22 bits per heavy atom. The van der Waals surface area contributed by atoms with E-state index in [9.17, 15) is 4.79 Å². The van der Waals surface area contributed by atoms with Crippen molar-refractivity contribution in [2.75, 3.05) is 33.1 Å². The molecule has 1 aromatic carbocycles. The zero-order chi connectivity index (χ0) is 23.4. The molecule has 2 aromatic rings. The highest BCUT2D eigenvalue weighted by Crippen LogP contribution is 2.34. The molecule has 0 bridgehead atoms. The van der Waals surface area contributed by atoms with Gasteiger partial charge in [-0.25, -0.2) is 9.97 Å². The van der Waals surface area contributed by atoms with Crippen molar-refractivity contribution in [1.82, 2.24) is 19.8 Å². The lowest BCUT2D eigenvalue weighted by molar-refractivity contribution is -0.128. The second kappa shape index (κ2) is 10.3. The Kier molecular flexibility index (Phi) is 7.72. The number of carbonyl (C=O) groups excluding carboxylic acids is 1. The fourth-order valence-electron chi connectivity index (χ4n) is 4.46. The van der Waals surface area contributed by atoms with E-state index in [0.717, 1.165) is 49.0 Å². The standard InChI is InChI=1S/C25H37N5O2/c1-16-12-23(32-7)18(3)17(2)21(16)15-30-11-9-8-10-22(30)25-27-20(13-24(26-5)28-25)14-29(6)19(4)31/h12-13,22H,8-11,14-15H2,1-7H3,(H,26,27,28). The number of aryl methyl sites for hydroxylation is 1. The van der Waals surface area contributed by atoms with Crippen molar-refractivity contribution in [2.45, 2.75) is 66.1 Å². The number of piperidine rings is 1. The minimum atomic E-state index is 0.0243. The van der Waals surface area contributed by atoms with Crippen LogP contribution in [0.5, 0.6) is 5.75 Å². The third kappa shape index (κ3) is 5.21. The van der Waals surface area contributed by atoms with Gasteiger partial charge in [0.25, 0.3) is 0 Å². The summed E-state index contributed by atoms with van der Waals surface area (Å²) in [7, 11) is 5.40. The normalized spacial score (nSPS) is 16.7. The van der Waals surface area contributed by atoms with Crippen LogP contribution in [0.1, 0.15) is 66.0 Å². The van der Waals surface area contributed by atoms with Crippen LogP contribution in [-0.2, 0) is 17.9 Å². The molecule has 1 fully saturated rings. The number of nitrogens with one attached hydrogen (secondary N) is 1. The van der Waals surface area contributed by atoms with E-state index in [1.807, 2.05) is 13.1 Å². The van der Waals surface area contributed by atoms with Gasteiger partial charge in [-0.05, 0) is 68.5 Å². The van der Waals surface area contributed by atoms with E-state index >= 15 is 0 Å². The zero-order valence-electron chi connectivity index (χ0n) is 20.6. The Bertz CT molecular complexity index is 975. The second-order valence-electron chi connectivity index (χ2n) is 8.83. The first-order valence-electron chi connectivity index (χ1n) is 11.4. The number of amides is 1. The summed E-state index contributed by atoms with van der Waals surface area (Å²) >= 11 is 0. The lowest BCUT2D eigenvalue weighted by Crippen LogP contribution is -2.35. The molecule has 32 heavy (non-hydrogen) atoms. The topological polar surface area (TPSA) is 70.6 Å². The molecule has 2 heterocycles. The van der Waals surface area contributed by atoms with Crippen LogP contribution in [0.2, 0.25) is 0 Å². The fourth-order valence-corrected chi connectivity index (χ4v) is 4.46. The molecule has 0 spiro atoms. The van der Waals surface area contributed by atoms with Gasteiger partial charge in [0.15, 0.2) is 0 Å². The number of ether oxygens (including phenoxy) is 1. The molecule has 1 N–H and O–H groups in total. The van der Waals surface area contributed by atoms with Crippen LogP contribution in [0, 0.1) is 20.8 Å². The van der Waals surface area contributed by atoms with Gasteiger partial charge < -0.3 is 15.0 Å². The maximum Gasteiger partial charge on any atom is 0.219 e. The van der Waals surface area contributed by atoms with Crippen molar-refractivity contribution in [3.05, 3.63) is 45.9 Å². The number of nitrogens with zero attached hydrogens (tertiary/aromatic N) is 4. The van der Waals surface area contributed by atoms with Crippen LogP contribution in [0.3, 0.4) is 0 Å². The van der Waals surface area contributed by atoms with Gasteiger partial charge in [0.05, 0.1) is 25.4 Å². The maximum atomic E-state index is 11.7. The van der Waals surface area contributed by atoms with Crippen LogP contribution in [0.15, 0.2) is 12.1 Å². The third-order valence-electron chi connectivity index (χ3n) is 6.69. The van der Waals surface area contributed by atoms with Gasteiger partial charge >= 0.3 is 0 Å². The lowest BCUT2D eigenvalue weighted by atomic mass is 9.94. The summed E-state index contributed by atoms with van der Waals surface area (Å²) in [6.07, 6.45) is 3.37. The first-order chi connectivity index (χ1) is 15.2. The van der Waals surface area contributed by atoms with Crippen molar-refractivity contribution in [3.8, 4) is 5.75 Å². The molecule has 1 aliphatic rings. The maximum absolute atomic E-state index is 11.7. The average Bonchev–Trinajstić information content (AvgIpc) is 2.78. The van der Waals surface area contributed by atoms with Crippen LogP contribution in [0.4, 0.5) is 5.82 Å². The van der Waals surface area contributed by atoms with E-state index in [-0.39, 0.29) is 11.9 Å². The number of anilines is 1. The number of aromatic nitrogens is 2. The summed E-state index contributed by atoms with van der Waals surface area (Å²) in [6, 6.07) is 4.22. The van der Waals surface area contributed by atoms with Crippen LogP contribution in [0.25, 0.3) is 0 Å². The van der Waals surface area contributed by atoms with Gasteiger partial charge in [-0.1, -0.05) is 6.42 Å². The van der Waals surface area contributed by atoms with E-state index in [4.69, 9.17) is 14.7 Å². The summed E-state index contributed by atoms with van der Waals surface area (Å²) in [5.74, 6) is 2.60. The molecule has 7 nitrogen and oxygen atoms in total. The number of hydrogen-bond acceptors (Lipinski definition) is 6. The van der Waals surface area contributed by atoms with Gasteiger partial charge in [-0.15, -0.1) is 0 Å². The van der Waals surface area contributed by atoms with Crippen molar-refractivity contribution >= 4 is 11.7 Å². The molecule has 1 unspecified atom stereocenters. The second-order valence-corrected chi connectivity index (χ2v) is 8.83. The largest absolute Gasteiger partial charge is 0.496 e. The van der Waals surface area contributed by atoms with Crippen LogP contribution >= 0.6 is 0 Å². The van der Waals surface area contributed by atoms with Crippen molar-refractivity contribution < 1.29 is 9.53 Å². The number of benzene rings is 1. The van der Waals surface area contributed by atoms with E-state index in [1.165, 1.54) is 28.7 Å². The molecule has 174 valence electrons. The highest BCUT2D eigenvalue weighted by Gasteiger charge is 2.28. The summed E-state index contributed by atoms with van der Waals surface area (Å²) in [5, 5.41) is 3.17. The van der Waals surface area contributed by atoms with Gasteiger partial charge in [0.2, 0.25) is 5.91 Å². The number of likely N-dealkylation sites (tertiary alicyclic amines) is 1. The molecular formula is C25H37N5O2. The third-order valence-corrected chi connectivity index (χ3v) is 6.69. The monoisotopic (exact) mass is 439 g/mol.